The number of thiophene rings is 1. The smallest absolute Gasteiger partial charge is 0.255 e. The maximum Gasteiger partial charge on any atom is 0.255 e. The van der Waals surface area contributed by atoms with Crippen LogP contribution in [0.2, 0.25) is 0 Å². The lowest BCUT2D eigenvalue weighted by Crippen LogP contribution is -2.47. The van der Waals surface area contributed by atoms with Crippen LogP contribution < -0.4 is 10.5 Å². The highest BCUT2D eigenvalue weighted by atomic mass is 79.9. The summed E-state index contributed by atoms with van der Waals surface area (Å²) in [5.74, 6) is 0.677. The summed E-state index contributed by atoms with van der Waals surface area (Å²) in [5.41, 5.74) is 1.76. The number of hydrogen-bond acceptors (Lipinski definition) is 6. The van der Waals surface area contributed by atoms with Crippen LogP contribution in [-0.4, -0.2) is 46.7 Å². The molecule has 0 spiro atoms. The molecule has 1 fully saturated rings. The first-order valence-electron chi connectivity index (χ1n) is 8.97. The number of nitrogens with zero attached hydrogens (tertiary/aromatic N) is 3. The highest BCUT2D eigenvalue weighted by molar-refractivity contribution is 9.11. The Morgan fingerprint density at radius 3 is 2.81 bits per heavy atom. The molecule has 0 amide bonds. The summed E-state index contributed by atoms with van der Waals surface area (Å²) in [6, 6.07) is 4.23. The first-order chi connectivity index (χ1) is 12.5. The summed E-state index contributed by atoms with van der Waals surface area (Å²) < 4.78 is 6.94. The van der Waals surface area contributed by atoms with E-state index in [4.69, 9.17) is 9.72 Å². The first kappa shape index (κ1) is 18.2. The molecule has 4 heterocycles. The summed E-state index contributed by atoms with van der Waals surface area (Å²) in [6.45, 7) is 8.11. The highest BCUT2D eigenvalue weighted by Crippen LogP contribution is 2.25. The van der Waals surface area contributed by atoms with E-state index >= 15 is 0 Å². The second kappa shape index (κ2) is 7.42. The maximum absolute atomic E-state index is 12.6. The van der Waals surface area contributed by atoms with Gasteiger partial charge in [0.2, 0.25) is 5.95 Å². The monoisotopic (exact) mass is 438 g/mol. The topological polar surface area (TPSA) is 61.5 Å². The molecule has 140 valence electrons. The summed E-state index contributed by atoms with van der Waals surface area (Å²) in [4.78, 5) is 26.2. The molecule has 0 aromatic carbocycles. The van der Waals surface area contributed by atoms with Gasteiger partial charge in [0.25, 0.3) is 5.56 Å². The van der Waals surface area contributed by atoms with Gasteiger partial charge in [-0.3, -0.25) is 14.7 Å². The maximum atomic E-state index is 12.6. The standard InChI is InChI=1S/C18H23BrN4O2S/c1-11-7-23(8-12(2)25-11)18-20-15-10-22(6-5-14(15)17(24)21-18)9-13-3-4-16(19)26-13/h3-4,11-12H,5-10H2,1-2H3,(H,20,21,24). The molecule has 2 aliphatic rings. The molecule has 2 aliphatic heterocycles. The van der Waals surface area contributed by atoms with E-state index in [2.05, 4.69) is 56.7 Å². The number of rotatable bonds is 3. The molecule has 0 radical (unpaired) electrons. The molecule has 4 rings (SSSR count). The van der Waals surface area contributed by atoms with Crippen LogP contribution in [0, 0.1) is 0 Å². The summed E-state index contributed by atoms with van der Waals surface area (Å²) in [7, 11) is 0. The van der Waals surface area contributed by atoms with Crippen LogP contribution in [0.3, 0.4) is 0 Å². The van der Waals surface area contributed by atoms with Gasteiger partial charge < -0.3 is 9.64 Å². The van der Waals surface area contributed by atoms with Gasteiger partial charge in [0.15, 0.2) is 0 Å². The molecule has 1 N–H and O–H groups in total. The highest BCUT2D eigenvalue weighted by Gasteiger charge is 2.27. The van der Waals surface area contributed by atoms with Crippen molar-refractivity contribution < 1.29 is 4.74 Å². The minimum atomic E-state index is 0.00955. The molecule has 26 heavy (non-hydrogen) atoms. The molecule has 2 aromatic rings. The molecule has 0 bridgehead atoms. The number of fused-ring (bicyclic) bond motifs is 1. The Labute approximate surface area is 165 Å². The van der Waals surface area contributed by atoms with E-state index in [0.717, 1.165) is 54.2 Å². The largest absolute Gasteiger partial charge is 0.372 e. The third-order valence-electron chi connectivity index (χ3n) is 4.87. The normalized spacial score (nSPS) is 23.9. The van der Waals surface area contributed by atoms with E-state index in [1.54, 1.807) is 11.3 Å². The van der Waals surface area contributed by atoms with Gasteiger partial charge >= 0.3 is 0 Å². The van der Waals surface area contributed by atoms with Crippen molar-refractivity contribution in [3.63, 3.8) is 0 Å². The van der Waals surface area contributed by atoms with Crippen LogP contribution in [-0.2, 0) is 24.2 Å². The van der Waals surface area contributed by atoms with Crippen molar-refractivity contribution in [3.8, 4) is 0 Å². The van der Waals surface area contributed by atoms with Gasteiger partial charge in [-0.15, -0.1) is 11.3 Å². The van der Waals surface area contributed by atoms with E-state index in [9.17, 15) is 4.79 Å². The molecule has 1 saturated heterocycles. The van der Waals surface area contributed by atoms with E-state index < -0.39 is 0 Å². The number of aromatic nitrogens is 2. The predicted octanol–water partition coefficient (Wildman–Crippen LogP) is 2.77. The SMILES string of the molecule is CC1CN(c2nc3c(c(=O)[nH]2)CCN(Cc2ccc(Br)s2)C3)CC(C)O1. The quantitative estimate of drug-likeness (QED) is 0.797. The number of hydrogen-bond donors (Lipinski definition) is 1. The Hall–Kier alpha value is -1.22. The van der Waals surface area contributed by atoms with Gasteiger partial charge in [0.1, 0.15) is 0 Å². The fourth-order valence-electron chi connectivity index (χ4n) is 3.77. The zero-order valence-electron chi connectivity index (χ0n) is 15.0. The lowest BCUT2D eigenvalue weighted by molar-refractivity contribution is -0.00576. The lowest BCUT2D eigenvalue weighted by atomic mass is 10.1. The van der Waals surface area contributed by atoms with Crippen molar-refractivity contribution in [1.29, 1.82) is 0 Å². The molecular formula is C18H23BrN4O2S. The van der Waals surface area contributed by atoms with Crippen molar-refractivity contribution in [2.24, 2.45) is 0 Å². The number of morpholine rings is 1. The van der Waals surface area contributed by atoms with Gasteiger partial charge in [0, 0.05) is 43.2 Å². The van der Waals surface area contributed by atoms with Crippen molar-refractivity contribution >= 4 is 33.2 Å². The fourth-order valence-corrected chi connectivity index (χ4v) is 5.30. The van der Waals surface area contributed by atoms with Crippen LogP contribution in [0.15, 0.2) is 20.7 Å². The van der Waals surface area contributed by atoms with E-state index in [1.165, 1.54) is 4.88 Å². The molecule has 0 aliphatic carbocycles. The average molecular weight is 439 g/mol. The third kappa shape index (κ3) is 3.88. The number of aromatic amines is 1. The molecule has 8 heteroatoms. The molecular weight excluding hydrogens is 416 g/mol. The van der Waals surface area contributed by atoms with Crippen molar-refractivity contribution in [3.05, 3.63) is 42.4 Å². The van der Waals surface area contributed by atoms with Crippen molar-refractivity contribution in [1.82, 2.24) is 14.9 Å². The van der Waals surface area contributed by atoms with Crippen molar-refractivity contribution in [2.45, 2.75) is 45.6 Å². The van der Waals surface area contributed by atoms with Gasteiger partial charge in [-0.05, 0) is 48.3 Å². The minimum absolute atomic E-state index is 0.00955. The Morgan fingerprint density at radius 2 is 2.12 bits per heavy atom. The first-order valence-corrected chi connectivity index (χ1v) is 10.6. The van der Waals surface area contributed by atoms with Crippen molar-refractivity contribution in [2.75, 3.05) is 24.5 Å². The summed E-state index contributed by atoms with van der Waals surface area (Å²) >= 11 is 5.28. The van der Waals surface area contributed by atoms with Crippen LogP contribution >= 0.6 is 27.3 Å². The van der Waals surface area contributed by atoms with Gasteiger partial charge in [-0.2, -0.15) is 0 Å². The predicted molar refractivity (Wildman–Crippen MR) is 107 cm³/mol. The van der Waals surface area contributed by atoms with Crippen LogP contribution in [0.1, 0.15) is 30.0 Å². The Bertz CT molecular complexity index is 842. The Balaban J connectivity index is 1.55. The molecule has 2 aromatic heterocycles. The van der Waals surface area contributed by atoms with E-state index in [0.29, 0.717) is 5.95 Å². The second-order valence-corrected chi connectivity index (χ2v) is 9.69. The Morgan fingerprint density at radius 1 is 1.35 bits per heavy atom. The summed E-state index contributed by atoms with van der Waals surface area (Å²) in [6.07, 6.45) is 1.02. The zero-order valence-corrected chi connectivity index (χ0v) is 17.4. The number of nitrogens with one attached hydrogen (secondary N) is 1. The molecule has 6 nitrogen and oxygen atoms in total. The third-order valence-corrected chi connectivity index (χ3v) is 6.48. The number of anilines is 1. The number of halogens is 1. The molecule has 2 atom stereocenters. The average Bonchev–Trinajstić information content (AvgIpc) is 2.98. The second-order valence-electron chi connectivity index (χ2n) is 7.14. The van der Waals surface area contributed by atoms with E-state index in [-0.39, 0.29) is 17.8 Å². The van der Waals surface area contributed by atoms with E-state index in [1.807, 2.05) is 0 Å². The van der Waals surface area contributed by atoms with Crippen LogP contribution in [0.25, 0.3) is 0 Å². The molecule has 2 unspecified atom stereocenters. The lowest BCUT2D eigenvalue weighted by Gasteiger charge is -2.36. The van der Waals surface area contributed by atoms with Crippen LogP contribution in [0.5, 0.6) is 0 Å². The Kier molecular flexibility index (Phi) is 5.18. The zero-order chi connectivity index (χ0) is 18.3. The van der Waals surface area contributed by atoms with Crippen LogP contribution in [0.4, 0.5) is 5.95 Å². The van der Waals surface area contributed by atoms with Gasteiger partial charge in [0.05, 0.1) is 21.7 Å². The number of ether oxygens (including phenoxy) is 1. The van der Waals surface area contributed by atoms with Gasteiger partial charge in [-0.25, -0.2) is 4.98 Å². The van der Waals surface area contributed by atoms with Gasteiger partial charge in [-0.1, -0.05) is 0 Å². The number of H-pyrrole nitrogens is 1. The minimum Gasteiger partial charge on any atom is -0.372 e. The summed E-state index contributed by atoms with van der Waals surface area (Å²) in [5, 5.41) is 0. The molecule has 0 saturated carbocycles. The fraction of sp³-hybridized carbons (Fsp3) is 0.556.